The van der Waals surface area contributed by atoms with Crippen molar-refractivity contribution in [2.75, 3.05) is 11.6 Å². The second kappa shape index (κ2) is 8.99. The van der Waals surface area contributed by atoms with Crippen molar-refractivity contribution in [2.24, 2.45) is 0 Å². The molecule has 0 aliphatic carbocycles. The van der Waals surface area contributed by atoms with E-state index >= 15 is 0 Å². The number of fused-ring (bicyclic) bond motifs is 1. The van der Waals surface area contributed by atoms with Crippen LogP contribution in [-0.2, 0) is 10.0 Å². The van der Waals surface area contributed by atoms with Crippen LogP contribution >= 0.6 is 34.7 Å². The number of amides is 2. The molecule has 2 aromatic carbocycles. The Hall–Kier alpha value is -2.79. The molecule has 0 aliphatic heterocycles. The van der Waals surface area contributed by atoms with Crippen molar-refractivity contribution in [3.63, 3.8) is 0 Å². The number of carbonyl (C=O) groups excluding carboxylic acids is 1. The Balaban J connectivity index is 1.53. The minimum absolute atomic E-state index is 0.0618. The molecule has 2 amide bonds. The van der Waals surface area contributed by atoms with Crippen molar-refractivity contribution in [1.29, 1.82) is 0 Å². The molecule has 0 fully saturated rings. The van der Waals surface area contributed by atoms with Crippen LogP contribution in [-0.4, -0.2) is 25.3 Å². The second-order valence-corrected chi connectivity index (χ2v) is 11.1. The number of carbonyl (C=O) groups is 1. The fourth-order valence-electron chi connectivity index (χ4n) is 3.02. The Kier molecular flexibility index (Phi) is 6.29. The number of hydrogen-bond acceptors (Lipinski definition) is 6. The lowest BCUT2D eigenvalue weighted by Gasteiger charge is -2.10. The Bertz CT molecular complexity index is 1480. The highest BCUT2D eigenvalue weighted by Gasteiger charge is 2.19. The molecule has 2 N–H and O–H groups in total. The summed E-state index contributed by atoms with van der Waals surface area (Å²) in [5.74, 6) is 0. The van der Waals surface area contributed by atoms with Crippen LogP contribution in [0.5, 0.6) is 0 Å². The predicted molar refractivity (Wildman–Crippen MR) is 130 cm³/mol. The SMILES string of the molecule is CSc1ccc2ccn(-c3ccc(NC(=O)NS(=O)(=O)c4ccc(Cl)s4)cc3)c(=O)c2c1. The van der Waals surface area contributed by atoms with Gasteiger partial charge in [-0.15, -0.1) is 23.1 Å². The van der Waals surface area contributed by atoms with Gasteiger partial charge in [0, 0.05) is 27.9 Å². The number of thiophene rings is 1. The molecular formula is C21H16ClN3O4S3. The van der Waals surface area contributed by atoms with Gasteiger partial charge in [-0.3, -0.25) is 9.36 Å². The van der Waals surface area contributed by atoms with Gasteiger partial charge in [-0.1, -0.05) is 17.7 Å². The van der Waals surface area contributed by atoms with Crippen molar-refractivity contribution in [3.05, 3.63) is 81.6 Å². The van der Waals surface area contributed by atoms with E-state index in [4.69, 9.17) is 11.6 Å². The molecular weight excluding hydrogens is 490 g/mol. The van der Waals surface area contributed by atoms with Crippen LogP contribution in [0.25, 0.3) is 16.5 Å². The van der Waals surface area contributed by atoms with Gasteiger partial charge in [-0.25, -0.2) is 17.9 Å². The van der Waals surface area contributed by atoms with E-state index in [1.165, 1.54) is 16.7 Å². The van der Waals surface area contributed by atoms with Crippen LogP contribution in [0.1, 0.15) is 0 Å². The molecule has 0 aliphatic rings. The van der Waals surface area contributed by atoms with Gasteiger partial charge in [-0.2, -0.15) is 0 Å². The summed E-state index contributed by atoms with van der Waals surface area (Å²) >= 11 is 8.17. The number of halogens is 1. The van der Waals surface area contributed by atoms with Crippen LogP contribution in [0, 0.1) is 0 Å². The lowest BCUT2D eigenvalue weighted by Crippen LogP contribution is -2.33. The number of urea groups is 1. The summed E-state index contributed by atoms with van der Waals surface area (Å²) in [7, 11) is -4.02. The van der Waals surface area contributed by atoms with Crippen LogP contribution in [0.3, 0.4) is 0 Å². The zero-order valence-corrected chi connectivity index (χ0v) is 19.7. The van der Waals surface area contributed by atoms with Gasteiger partial charge in [0.1, 0.15) is 4.21 Å². The number of benzene rings is 2. The topological polar surface area (TPSA) is 97.3 Å². The summed E-state index contributed by atoms with van der Waals surface area (Å²) in [6, 6.07) is 15.9. The number of nitrogens with one attached hydrogen (secondary N) is 2. The lowest BCUT2D eigenvalue weighted by atomic mass is 10.1. The van der Waals surface area contributed by atoms with E-state index in [-0.39, 0.29) is 9.77 Å². The number of rotatable bonds is 5. The Labute approximate surface area is 197 Å². The van der Waals surface area contributed by atoms with E-state index < -0.39 is 16.1 Å². The Morgan fingerprint density at radius 2 is 1.81 bits per heavy atom. The predicted octanol–water partition coefficient (Wildman–Crippen LogP) is 4.94. The summed E-state index contributed by atoms with van der Waals surface area (Å²) in [4.78, 5) is 26.1. The third kappa shape index (κ3) is 4.68. The molecule has 0 atom stereocenters. The van der Waals surface area contributed by atoms with Gasteiger partial charge >= 0.3 is 6.03 Å². The van der Waals surface area contributed by atoms with E-state index in [0.29, 0.717) is 21.1 Å². The largest absolute Gasteiger partial charge is 0.333 e. The molecule has 0 saturated heterocycles. The maximum absolute atomic E-state index is 13.0. The molecule has 4 aromatic rings. The first-order valence-electron chi connectivity index (χ1n) is 9.16. The summed E-state index contributed by atoms with van der Waals surface area (Å²) in [6.07, 6.45) is 3.64. The summed E-state index contributed by atoms with van der Waals surface area (Å²) < 4.78 is 28.1. The lowest BCUT2D eigenvalue weighted by molar-refractivity contribution is 0.256. The minimum Gasteiger partial charge on any atom is -0.307 e. The monoisotopic (exact) mass is 505 g/mol. The van der Waals surface area contributed by atoms with Crippen LogP contribution in [0.2, 0.25) is 4.34 Å². The maximum atomic E-state index is 13.0. The number of thioether (sulfide) groups is 1. The smallest absolute Gasteiger partial charge is 0.307 e. The molecule has 0 spiro atoms. The highest BCUT2D eigenvalue weighted by Crippen LogP contribution is 2.25. The van der Waals surface area contributed by atoms with Gasteiger partial charge in [0.15, 0.2) is 0 Å². The number of pyridine rings is 1. The van der Waals surface area contributed by atoms with E-state index in [9.17, 15) is 18.0 Å². The molecule has 0 radical (unpaired) electrons. The first kappa shape index (κ1) is 22.4. The first-order chi connectivity index (χ1) is 15.3. The highest BCUT2D eigenvalue weighted by atomic mass is 35.5. The van der Waals surface area contributed by atoms with Crippen molar-refractivity contribution in [3.8, 4) is 5.69 Å². The highest BCUT2D eigenvalue weighted by molar-refractivity contribution is 7.98. The number of aromatic nitrogens is 1. The second-order valence-electron chi connectivity index (χ2n) is 6.61. The summed E-state index contributed by atoms with van der Waals surface area (Å²) in [5.41, 5.74) is 0.819. The van der Waals surface area contributed by atoms with Gasteiger partial charge < -0.3 is 5.32 Å². The summed E-state index contributed by atoms with van der Waals surface area (Å²) in [5, 5.41) is 3.93. The molecule has 2 aromatic heterocycles. The van der Waals surface area contributed by atoms with E-state index in [0.717, 1.165) is 21.6 Å². The van der Waals surface area contributed by atoms with E-state index in [1.54, 1.807) is 42.2 Å². The molecule has 2 heterocycles. The van der Waals surface area contributed by atoms with Crippen molar-refractivity contribution in [1.82, 2.24) is 9.29 Å². The first-order valence-corrected chi connectivity index (χ1v) is 13.1. The molecule has 4 rings (SSSR count). The standard InChI is InChI=1S/C21H16ClN3O4S3/c1-30-16-7-2-13-10-11-25(20(26)17(13)12-16)15-5-3-14(4-6-15)23-21(27)24-32(28,29)19-9-8-18(22)31-19/h2-12H,1H3,(H2,23,24,27). The summed E-state index contributed by atoms with van der Waals surface area (Å²) in [6.45, 7) is 0. The van der Waals surface area contributed by atoms with Gasteiger partial charge in [-0.05, 0) is 66.2 Å². The minimum atomic E-state index is -4.02. The zero-order valence-electron chi connectivity index (χ0n) is 16.5. The van der Waals surface area contributed by atoms with Crippen molar-refractivity contribution in [2.45, 2.75) is 9.10 Å². The number of anilines is 1. The van der Waals surface area contributed by atoms with Gasteiger partial charge in [0.05, 0.1) is 4.34 Å². The number of sulfonamides is 1. The third-order valence-corrected chi connectivity index (χ3v) is 8.34. The van der Waals surface area contributed by atoms with Crippen LogP contribution < -0.4 is 15.6 Å². The molecule has 32 heavy (non-hydrogen) atoms. The Morgan fingerprint density at radius 3 is 2.47 bits per heavy atom. The molecule has 0 saturated carbocycles. The van der Waals surface area contributed by atoms with Gasteiger partial charge in [0.25, 0.3) is 15.6 Å². The van der Waals surface area contributed by atoms with Crippen LogP contribution in [0.4, 0.5) is 10.5 Å². The van der Waals surface area contributed by atoms with Gasteiger partial charge in [0.2, 0.25) is 0 Å². The third-order valence-electron chi connectivity index (χ3n) is 4.56. The number of nitrogens with zero attached hydrogens (tertiary/aromatic N) is 1. The molecule has 164 valence electrons. The average molecular weight is 506 g/mol. The normalized spacial score (nSPS) is 11.4. The molecule has 0 unspecified atom stereocenters. The quantitative estimate of drug-likeness (QED) is 0.374. The average Bonchev–Trinajstić information content (AvgIpc) is 3.21. The van der Waals surface area contributed by atoms with E-state index in [1.807, 2.05) is 35.2 Å². The molecule has 11 heteroatoms. The fraction of sp³-hybridized carbons (Fsp3) is 0.0476. The fourth-order valence-corrected chi connectivity index (χ4v) is 5.85. The molecule has 0 bridgehead atoms. The van der Waals surface area contributed by atoms with Crippen molar-refractivity contribution < 1.29 is 13.2 Å². The zero-order chi connectivity index (χ0) is 22.9. The van der Waals surface area contributed by atoms with Crippen LogP contribution in [0.15, 0.2) is 80.8 Å². The van der Waals surface area contributed by atoms with E-state index in [2.05, 4.69) is 5.32 Å². The number of hydrogen-bond donors (Lipinski definition) is 2. The van der Waals surface area contributed by atoms with Crippen molar-refractivity contribution >= 4 is 67.2 Å². The maximum Gasteiger partial charge on any atom is 0.333 e. The molecule has 7 nitrogen and oxygen atoms in total. The Morgan fingerprint density at radius 1 is 1.06 bits per heavy atom.